The minimum Gasteiger partial charge on any atom is -0.497 e. The van der Waals surface area contributed by atoms with E-state index >= 15 is 0 Å². The summed E-state index contributed by atoms with van der Waals surface area (Å²) in [5.41, 5.74) is 2.10. The van der Waals surface area contributed by atoms with Crippen LogP contribution in [0.3, 0.4) is 0 Å². The smallest absolute Gasteiger partial charge is 0.153 e. The Morgan fingerprint density at radius 1 is 0.964 bits per heavy atom. The first-order chi connectivity index (χ1) is 13.7. The second-order valence-electron chi connectivity index (χ2n) is 6.37. The number of methoxy groups -OCH3 is 1. The first-order valence-corrected chi connectivity index (χ1v) is 9.74. The molecule has 28 heavy (non-hydrogen) atoms. The number of fused-ring (bicyclic) bond motifs is 1. The monoisotopic (exact) mass is 390 g/mol. The van der Waals surface area contributed by atoms with E-state index in [1.54, 1.807) is 30.6 Å². The highest BCUT2D eigenvalue weighted by molar-refractivity contribution is 7.22. The molecule has 0 aliphatic rings. The molecule has 0 unspecified atom stereocenters. The van der Waals surface area contributed by atoms with Crippen molar-refractivity contribution in [1.29, 1.82) is 0 Å². The lowest BCUT2D eigenvalue weighted by molar-refractivity contribution is 0.415. The summed E-state index contributed by atoms with van der Waals surface area (Å²) in [6.45, 7) is 3.77. The van der Waals surface area contributed by atoms with Crippen molar-refractivity contribution in [1.82, 2.24) is 0 Å². The van der Waals surface area contributed by atoms with Crippen molar-refractivity contribution >= 4 is 21.4 Å². The zero-order valence-electron chi connectivity index (χ0n) is 15.4. The van der Waals surface area contributed by atoms with Gasteiger partial charge >= 0.3 is 0 Å². The molecule has 0 saturated heterocycles. The van der Waals surface area contributed by atoms with Gasteiger partial charge in [0.25, 0.3) is 0 Å². The van der Waals surface area contributed by atoms with E-state index in [-0.39, 0.29) is 5.82 Å². The van der Waals surface area contributed by atoms with Crippen LogP contribution in [-0.4, -0.2) is 7.11 Å². The first kappa shape index (κ1) is 18.3. The van der Waals surface area contributed by atoms with Crippen LogP contribution in [0, 0.1) is 5.82 Å². The zero-order valence-corrected chi connectivity index (χ0v) is 16.3. The molecule has 4 rings (SSSR count). The summed E-state index contributed by atoms with van der Waals surface area (Å²) >= 11 is 1.60. The highest BCUT2D eigenvalue weighted by Gasteiger charge is 2.17. The third-order valence-corrected chi connectivity index (χ3v) is 5.66. The van der Waals surface area contributed by atoms with Crippen LogP contribution >= 0.6 is 11.3 Å². The Kier molecular flexibility index (Phi) is 5.13. The van der Waals surface area contributed by atoms with E-state index in [1.807, 2.05) is 48.5 Å². The molecule has 0 saturated carbocycles. The van der Waals surface area contributed by atoms with E-state index in [9.17, 15) is 4.39 Å². The quantitative estimate of drug-likeness (QED) is 0.323. The number of hydrogen-bond acceptors (Lipinski definition) is 3. The maximum Gasteiger partial charge on any atom is 0.153 e. The summed E-state index contributed by atoms with van der Waals surface area (Å²) in [6, 6.07) is 20.4. The Hall–Kier alpha value is -3.11. The molecule has 0 fully saturated rings. The highest BCUT2D eigenvalue weighted by atomic mass is 32.1. The van der Waals surface area contributed by atoms with Crippen molar-refractivity contribution in [3.8, 4) is 27.7 Å². The molecule has 2 nitrogen and oxygen atoms in total. The van der Waals surface area contributed by atoms with Crippen molar-refractivity contribution in [2.75, 3.05) is 7.11 Å². The number of thiophene rings is 1. The van der Waals surface area contributed by atoms with Crippen LogP contribution in [0.4, 0.5) is 4.39 Å². The number of rotatable bonds is 6. The maximum atomic E-state index is 13.4. The predicted molar refractivity (Wildman–Crippen MR) is 114 cm³/mol. The number of ether oxygens (including phenoxy) is 2. The van der Waals surface area contributed by atoms with E-state index in [2.05, 4.69) is 6.58 Å². The molecule has 4 heteroatoms. The average molecular weight is 390 g/mol. The molecule has 0 aliphatic heterocycles. The Balaban J connectivity index is 1.80. The normalized spacial score (nSPS) is 10.8. The fraction of sp³-hybridized carbons (Fsp3) is 0.0833. The van der Waals surface area contributed by atoms with Gasteiger partial charge in [0, 0.05) is 10.1 Å². The molecule has 140 valence electrons. The lowest BCUT2D eigenvalue weighted by Gasteiger charge is -2.09. The van der Waals surface area contributed by atoms with Gasteiger partial charge in [0.2, 0.25) is 0 Å². The number of hydrogen-bond donors (Lipinski definition) is 0. The topological polar surface area (TPSA) is 18.5 Å². The van der Waals surface area contributed by atoms with Gasteiger partial charge in [-0.25, -0.2) is 4.39 Å². The van der Waals surface area contributed by atoms with Crippen LogP contribution in [0.1, 0.15) is 5.56 Å². The van der Waals surface area contributed by atoms with Crippen molar-refractivity contribution in [3.63, 3.8) is 0 Å². The molecule has 1 heterocycles. The Morgan fingerprint density at radius 3 is 2.36 bits per heavy atom. The minimum atomic E-state index is -0.258. The van der Waals surface area contributed by atoms with Gasteiger partial charge in [0.15, 0.2) is 5.75 Å². The third kappa shape index (κ3) is 3.64. The standard InChI is InChI=1S/C24H19FO2S/c1-3-4-16-5-11-19(12-6-16)27-23-21-14-13-20(26-2)15-22(21)28-24(23)17-7-9-18(25)10-8-17/h3,5-15H,1,4H2,2H3. The van der Waals surface area contributed by atoms with Crippen molar-refractivity contribution in [2.45, 2.75) is 6.42 Å². The van der Waals surface area contributed by atoms with E-state index in [0.29, 0.717) is 0 Å². The van der Waals surface area contributed by atoms with E-state index in [0.717, 1.165) is 44.2 Å². The Morgan fingerprint density at radius 2 is 1.68 bits per heavy atom. The molecule has 0 atom stereocenters. The summed E-state index contributed by atoms with van der Waals surface area (Å²) in [5.74, 6) is 2.06. The fourth-order valence-electron chi connectivity index (χ4n) is 3.05. The van der Waals surface area contributed by atoms with E-state index in [1.165, 1.54) is 17.7 Å². The predicted octanol–water partition coefficient (Wildman–Crippen LogP) is 7.24. The van der Waals surface area contributed by atoms with Crippen molar-refractivity contribution in [2.24, 2.45) is 0 Å². The Bertz CT molecular complexity index is 1110. The fourth-order valence-corrected chi connectivity index (χ4v) is 4.21. The lowest BCUT2D eigenvalue weighted by atomic mass is 10.1. The summed E-state index contributed by atoms with van der Waals surface area (Å²) in [5, 5.41) is 1.00. The zero-order chi connectivity index (χ0) is 19.5. The number of halogens is 1. The number of benzene rings is 3. The molecular weight excluding hydrogens is 371 g/mol. The molecule has 4 aromatic rings. The van der Waals surface area contributed by atoms with Gasteiger partial charge in [-0.05, 0) is 60.0 Å². The highest BCUT2D eigenvalue weighted by Crippen LogP contribution is 2.47. The molecular formula is C24H19FO2S. The lowest BCUT2D eigenvalue weighted by Crippen LogP contribution is -1.87. The van der Waals surface area contributed by atoms with Crippen LogP contribution in [0.25, 0.3) is 20.5 Å². The molecule has 0 aliphatic carbocycles. The first-order valence-electron chi connectivity index (χ1n) is 8.92. The van der Waals surface area contributed by atoms with Gasteiger partial charge in [-0.2, -0.15) is 0 Å². The maximum absolute atomic E-state index is 13.4. The molecule has 3 aromatic carbocycles. The molecule has 0 radical (unpaired) electrons. The second kappa shape index (κ2) is 7.87. The van der Waals surface area contributed by atoms with Crippen LogP contribution in [-0.2, 0) is 6.42 Å². The van der Waals surface area contributed by atoms with Gasteiger partial charge in [0.05, 0.1) is 12.0 Å². The SMILES string of the molecule is C=CCc1ccc(Oc2c(-c3ccc(F)cc3)sc3cc(OC)ccc23)cc1. The number of allylic oxidation sites excluding steroid dienone is 1. The molecule has 1 aromatic heterocycles. The van der Waals surface area contributed by atoms with Gasteiger partial charge in [-0.3, -0.25) is 0 Å². The van der Waals surface area contributed by atoms with Crippen LogP contribution in [0.5, 0.6) is 17.2 Å². The average Bonchev–Trinajstić information content (AvgIpc) is 3.07. The van der Waals surface area contributed by atoms with E-state index < -0.39 is 0 Å². The second-order valence-corrected chi connectivity index (χ2v) is 7.42. The Labute approximate surface area is 167 Å². The summed E-state index contributed by atoms with van der Waals surface area (Å²) in [4.78, 5) is 0.957. The third-order valence-electron chi connectivity index (χ3n) is 4.48. The molecule has 0 amide bonds. The van der Waals surface area contributed by atoms with Crippen LogP contribution in [0.2, 0.25) is 0 Å². The van der Waals surface area contributed by atoms with Gasteiger partial charge < -0.3 is 9.47 Å². The van der Waals surface area contributed by atoms with Gasteiger partial charge in [0.1, 0.15) is 17.3 Å². The largest absolute Gasteiger partial charge is 0.497 e. The van der Waals surface area contributed by atoms with Gasteiger partial charge in [-0.15, -0.1) is 17.9 Å². The van der Waals surface area contributed by atoms with Crippen LogP contribution < -0.4 is 9.47 Å². The summed E-state index contributed by atoms with van der Waals surface area (Å²) < 4.78 is 26.1. The molecule has 0 N–H and O–H groups in total. The van der Waals surface area contributed by atoms with Crippen molar-refractivity contribution < 1.29 is 13.9 Å². The minimum absolute atomic E-state index is 0.258. The van der Waals surface area contributed by atoms with E-state index in [4.69, 9.17) is 9.47 Å². The molecule has 0 bridgehead atoms. The summed E-state index contributed by atoms with van der Waals surface area (Å²) in [6.07, 6.45) is 2.70. The van der Waals surface area contributed by atoms with Crippen molar-refractivity contribution in [3.05, 3.63) is 90.8 Å². The summed E-state index contributed by atoms with van der Waals surface area (Å²) in [7, 11) is 1.65. The van der Waals surface area contributed by atoms with Crippen LogP contribution in [0.15, 0.2) is 79.4 Å². The molecule has 0 spiro atoms. The van der Waals surface area contributed by atoms with Gasteiger partial charge in [-0.1, -0.05) is 30.3 Å².